The van der Waals surface area contributed by atoms with Gasteiger partial charge in [-0.3, -0.25) is 0 Å². The molecule has 0 aliphatic heterocycles. The van der Waals surface area contributed by atoms with E-state index in [1.807, 2.05) is 31.2 Å². The predicted molar refractivity (Wildman–Crippen MR) is 78.1 cm³/mol. The van der Waals surface area contributed by atoms with Crippen LogP contribution in [0, 0.1) is 6.92 Å². The first-order valence-electron chi connectivity index (χ1n) is 6.30. The highest BCUT2D eigenvalue weighted by molar-refractivity contribution is 5.60. The minimum atomic E-state index is 0.225. The van der Waals surface area contributed by atoms with Crippen molar-refractivity contribution in [2.24, 2.45) is 0 Å². The number of rotatable bonds is 3. The molecule has 0 atom stereocenters. The lowest BCUT2D eigenvalue weighted by molar-refractivity contribution is 0.475. The Labute approximate surface area is 116 Å². The van der Waals surface area contributed by atoms with Crippen molar-refractivity contribution >= 4 is 11.7 Å². The molecule has 1 heterocycles. The molecule has 4 heteroatoms. The lowest BCUT2D eigenvalue weighted by atomic mass is 10.1. The van der Waals surface area contributed by atoms with Gasteiger partial charge < -0.3 is 14.8 Å². The van der Waals surface area contributed by atoms with Gasteiger partial charge in [-0.2, -0.15) is 0 Å². The zero-order valence-corrected chi connectivity index (χ0v) is 11.0. The van der Waals surface area contributed by atoms with Gasteiger partial charge in [-0.15, -0.1) is 0 Å². The van der Waals surface area contributed by atoms with E-state index in [4.69, 9.17) is 4.42 Å². The molecule has 0 fully saturated rings. The first kappa shape index (κ1) is 12.3. The summed E-state index contributed by atoms with van der Waals surface area (Å²) in [6.45, 7) is 2.04. The summed E-state index contributed by atoms with van der Waals surface area (Å²) in [4.78, 5) is 4.19. The predicted octanol–water partition coefficient (Wildman–Crippen LogP) is 4.10. The summed E-state index contributed by atoms with van der Waals surface area (Å²) in [6, 6.07) is 15.2. The molecule has 3 aromatic rings. The Morgan fingerprint density at radius 2 is 1.70 bits per heavy atom. The van der Waals surface area contributed by atoms with Crippen molar-refractivity contribution in [2.45, 2.75) is 6.92 Å². The Kier molecular flexibility index (Phi) is 3.13. The van der Waals surface area contributed by atoms with E-state index >= 15 is 0 Å². The maximum absolute atomic E-state index is 9.23. The Balaban J connectivity index is 1.80. The highest BCUT2D eigenvalue weighted by atomic mass is 16.4. The van der Waals surface area contributed by atoms with E-state index in [1.54, 1.807) is 30.5 Å². The van der Waals surface area contributed by atoms with Crippen molar-refractivity contribution in [2.75, 3.05) is 5.32 Å². The Morgan fingerprint density at radius 3 is 2.40 bits per heavy atom. The molecule has 2 aromatic carbocycles. The van der Waals surface area contributed by atoms with Gasteiger partial charge in [0.15, 0.2) is 5.76 Å². The van der Waals surface area contributed by atoms with Crippen molar-refractivity contribution in [3.8, 4) is 17.1 Å². The van der Waals surface area contributed by atoms with Crippen LogP contribution < -0.4 is 5.32 Å². The number of phenolic OH excluding ortho intramolecular Hbond substituents is 1. The number of hydrogen-bond acceptors (Lipinski definition) is 4. The van der Waals surface area contributed by atoms with Crippen molar-refractivity contribution in [3.05, 3.63) is 60.3 Å². The minimum absolute atomic E-state index is 0.225. The number of aromatic nitrogens is 1. The number of nitrogens with zero attached hydrogens (tertiary/aromatic N) is 1. The Hall–Kier alpha value is -2.75. The highest BCUT2D eigenvalue weighted by Crippen LogP contribution is 2.25. The Morgan fingerprint density at radius 1 is 1.00 bits per heavy atom. The molecule has 0 saturated carbocycles. The second kappa shape index (κ2) is 5.09. The average Bonchev–Trinajstić information content (AvgIpc) is 2.91. The number of phenols is 1. The first-order chi connectivity index (χ1) is 9.70. The van der Waals surface area contributed by atoms with Crippen LogP contribution in [-0.4, -0.2) is 10.1 Å². The maximum atomic E-state index is 9.23. The number of aromatic hydroxyl groups is 1. The molecule has 0 bridgehead atoms. The fraction of sp³-hybridized carbons (Fsp3) is 0.0625. The summed E-state index contributed by atoms with van der Waals surface area (Å²) in [5.41, 5.74) is 3.00. The summed E-state index contributed by atoms with van der Waals surface area (Å²) in [6.07, 6.45) is 1.69. The van der Waals surface area contributed by atoms with Crippen LogP contribution >= 0.6 is 0 Å². The molecule has 0 saturated heterocycles. The van der Waals surface area contributed by atoms with Crippen LogP contribution in [0.5, 0.6) is 5.75 Å². The molecule has 0 unspecified atom stereocenters. The lowest BCUT2D eigenvalue weighted by Crippen LogP contribution is -1.88. The monoisotopic (exact) mass is 266 g/mol. The van der Waals surface area contributed by atoms with Crippen LogP contribution in [0.2, 0.25) is 0 Å². The lowest BCUT2D eigenvalue weighted by Gasteiger charge is -2.01. The SMILES string of the molecule is Cc1ccc(-c2cnc(Nc3ccc(O)cc3)o2)cc1. The largest absolute Gasteiger partial charge is 0.508 e. The van der Waals surface area contributed by atoms with Crippen molar-refractivity contribution in [3.63, 3.8) is 0 Å². The van der Waals surface area contributed by atoms with E-state index in [-0.39, 0.29) is 5.75 Å². The number of oxazole rings is 1. The van der Waals surface area contributed by atoms with Gasteiger partial charge in [-0.25, -0.2) is 4.98 Å². The summed E-state index contributed by atoms with van der Waals surface area (Å²) < 4.78 is 5.66. The van der Waals surface area contributed by atoms with Gasteiger partial charge in [0, 0.05) is 11.3 Å². The summed E-state index contributed by atoms with van der Waals surface area (Å²) >= 11 is 0. The molecule has 4 nitrogen and oxygen atoms in total. The number of hydrogen-bond donors (Lipinski definition) is 2. The second-order valence-electron chi connectivity index (χ2n) is 4.57. The zero-order valence-electron chi connectivity index (χ0n) is 11.0. The average molecular weight is 266 g/mol. The van der Waals surface area contributed by atoms with Gasteiger partial charge in [0.2, 0.25) is 0 Å². The normalized spacial score (nSPS) is 10.4. The zero-order chi connectivity index (χ0) is 13.9. The van der Waals surface area contributed by atoms with E-state index in [1.165, 1.54) is 5.56 Å². The first-order valence-corrected chi connectivity index (χ1v) is 6.30. The van der Waals surface area contributed by atoms with E-state index in [9.17, 15) is 5.11 Å². The molecular formula is C16H14N2O2. The molecule has 0 aliphatic rings. The second-order valence-corrected chi connectivity index (χ2v) is 4.57. The van der Waals surface area contributed by atoms with Crippen LogP contribution in [0.15, 0.2) is 59.1 Å². The van der Waals surface area contributed by atoms with Crippen LogP contribution in [0.4, 0.5) is 11.7 Å². The van der Waals surface area contributed by atoms with Gasteiger partial charge in [-0.05, 0) is 31.2 Å². The van der Waals surface area contributed by atoms with E-state index in [0.717, 1.165) is 11.3 Å². The van der Waals surface area contributed by atoms with Gasteiger partial charge in [-0.1, -0.05) is 29.8 Å². The van der Waals surface area contributed by atoms with Crippen molar-refractivity contribution < 1.29 is 9.52 Å². The van der Waals surface area contributed by atoms with Crippen LogP contribution in [0.1, 0.15) is 5.56 Å². The molecule has 100 valence electrons. The molecule has 0 spiro atoms. The van der Waals surface area contributed by atoms with E-state index < -0.39 is 0 Å². The molecule has 20 heavy (non-hydrogen) atoms. The number of aryl methyl sites for hydroxylation is 1. The molecule has 3 rings (SSSR count). The van der Waals surface area contributed by atoms with Crippen LogP contribution in [0.25, 0.3) is 11.3 Å². The third-order valence-corrected chi connectivity index (χ3v) is 2.96. The fourth-order valence-electron chi connectivity index (χ4n) is 1.85. The highest BCUT2D eigenvalue weighted by Gasteiger charge is 2.06. The molecule has 1 aromatic heterocycles. The van der Waals surface area contributed by atoms with Gasteiger partial charge in [0.1, 0.15) is 5.75 Å². The third kappa shape index (κ3) is 2.64. The van der Waals surface area contributed by atoms with Crippen LogP contribution in [-0.2, 0) is 0 Å². The third-order valence-electron chi connectivity index (χ3n) is 2.96. The van der Waals surface area contributed by atoms with Crippen molar-refractivity contribution in [1.29, 1.82) is 0 Å². The topological polar surface area (TPSA) is 58.3 Å². The standard InChI is InChI=1S/C16H14N2O2/c1-11-2-4-12(5-3-11)15-10-17-16(20-15)18-13-6-8-14(19)9-7-13/h2-10,19H,1H3,(H,17,18). The summed E-state index contributed by atoms with van der Waals surface area (Å²) in [5.74, 6) is 0.939. The quantitative estimate of drug-likeness (QED) is 0.701. The number of nitrogens with one attached hydrogen (secondary N) is 1. The maximum Gasteiger partial charge on any atom is 0.299 e. The molecule has 0 amide bonds. The van der Waals surface area contributed by atoms with E-state index in [0.29, 0.717) is 11.8 Å². The number of benzene rings is 2. The number of anilines is 2. The van der Waals surface area contributed by atoms with E-state index in [2.05, 4.69) is 10.3 Å². The molecule has 0 radical (unpaired) electrons. The van der Waals surface area contributed by atoms with Crippen molar-refractivity contribution in [1.82, 2.24) is 4.98 Å². The van der Waals surface area contributed by atoms with Gasteiger partial charge in [0.05, 0.1) is 6.20 Å². The summed E-state index contributed by atoms with van der Waals surface area (Å²) in [7, 11) is 0. The van der Waals surface area contributed by atoms with Gasteiger partial charge >= 0.3 is 0 Å². The fourth-order valence-corrected chi connectivity index (χ4v) is 1.85. The van der Waals surface area contributed by atoms with Crippen LogP contribution in [0.3, 0.4) is 0 Å². The van der Waals surface area contributed by atoms with Gasteiger partial charge in [0.25, 0.3) is 6.01 Å². The minimum Gasteiger partial charge on any atom is -0.508 e. The smallest absolute Gasteiger partial charge is 0.299 e. The molecule has 0 aliphatic carbocycles. The summed E-state index contributed by atoms with van der Waals surface area (Å²) in [5, 5.41) is 12.3. The Bertz CT molecular complexity index is 700. The molecular weight excluding hydrogens is 252 g/mol. The molecule has 2 N–H and O–H groups in total.